The SMILES string of the molecule is CCC(=O)Nc1ccc(S(=O)(=O)NCC2CCN(C(=O)Nc3ccccc3OC)CC2)c(C)c1. The van der Waals surface area contributed by atoms with Crippen molar-refractivity contribution in [1.29, 1.82) is 0 Å². The summed E-state index contributed by atoms with van der Waals surface area (Å²) in [4.78, 5) is 26.1. The molecule has 3 rings (SSSR count). The Kier molecular flexibility index (Phi) is 8.51. The Labute approximate surface area is 200 Å². The number of hydrogen-bond donors (Lipinski definition) is 3. The average molecular weight is 489 g/mol. The van der Waals surface area contributed by atoms with E-state index in [2.05, 4.69) is 15.4 Å². The number of nitrogens with zero attached hydrogens (tertiary/aromatic N) is 1. The molecule has 1 aliphatic heterocycles. The fourth-order valence-electron chi connectivity index (χ4n) is 3.87. The molecule has 0 radical (unpaired) electrons. The van der Waals surface area contributed by atoms with Crippen LogP contribution in [-0.4, -0.2) is 52.0 Å². The van der Waals surface area contributed by atoms with E-state index in [9.17, 15) is 18.0 Å². The smallest absolute Gasteiger partial charge is 0.321 e. The van der Waals surface area contributed by atoms with Gasteiger partial charge >= 0.3 is 6.03 Å². The van der Waals surface area contributed by atoms with E-state index in [1.807, 2.05) is 12.1 Å². The van der Waals surface area contributed by atoms with Crippen molar-refractivity contribution in [3.8, 4) is 5.75 Å². The van der Waals surface area contributed by atoms with E-state index >= 15 is 0 Å². The van der Waals surface area contributed by atoms with Crippen molar-refractivity contribution in [2.45, 2.75) is 38.0 Å². The molecule has 0 saturated carbocycles. The molecule has 0 spiro atoms. The van der Waals surface area contributed by atoms with Crippen LogP contribution >= 0.6 is 0 Å². The highest BCUT2D eigenvalue weighted by Crippen LogP contribution is 2.25. The molecule has 2 aromatic carbocycles. The van der Waals surface area contributed by atoms with Gasteiger partial charge in [0.2, 0.25) is 15.9 Å². The van der Waals surface area contributed by atoms with Crippen LogP contribution in [0, 0.1) is 12.8 Å². The number of methoxy groups -OCH3 is 1. The Morgan fingerprint density at radius 3 is 2.44 bits per heavy atom. The second-order valence-corrected chi connectivity index (χ2v) is 10.0. The molecule has 9 nitrogen and oxygen atoms in total. The van der Waals surface area contributed by atoms with Gasteiger partial charge in [-0.3, -0.25) is 4.79 Å². The van der Waals surface area contributed by atoms with Gasteiger partial charge in [-0.05, 0) is 61.6 Å². The maximum absolute atomic E-state index is 12.8. The number of para-hydroxylation sites is 2. The Morgan fingerprint density at radius 2 is 1.79 bits per heavy atom. The summed E-state index contributed by atoms with van der Waals surface area (Å²) < 4.78 is 33.6. The number of aryl methyl sites for hydroxylation is 1. The van der Waals surface area contributed by atoms with Gasteiger partial charge in [0, 0.05) is 31.7 Å². The molecule has 1 saturated heterocycles. The number of amides is 3. The molecular formula is C24H32N4O5S. The lowest BCUT2D eigenvalue weighted by atomic mass is 9.97. The maximum Gasteiger partial charge on any atom is 0.321 e. The van der Waals surface area contributed by atoms with Crippen molar-refractivity contribution in [3.63, 3.8) is 0 Å². The van der Waals surface area contributed by atoms with Crippen LogP contribution in [0.5, 0.6) is 5.75 Å². The van der Waals surface area contributed by atoms with Crippen LogP contribution in [0.3, 0.4) is 0 Å². The molecule has 0 aromatic heterocycles. The minimum Gasteiger partial charge on any atom is -0.495 e. The van der Waals surface area contributed by atoms with Crippen molar-refractivity contribution < 1.29 is 22.7 Å². The third-order valence-electron chi connectivity index (χ3n) is 5.88. The molecule has 3 amide bonds. The summed E-state index contributed by atoms with van der Waals surface area (Å²) >= 11 is 0. The monoisotopic (exact) mass is 488 g/mol. The van der Waals surface area contributed by atoms with Crippen molar-refractivity contribution in [1.82, 2.24) is 9.62 Å². The Hall–Kier alpha value is -3.11. The predicted octanol–water partition coefficient (Wildman–Crippen LogP) is 3.57. The van der Waals surface area contributed by atoms with Crippen LogP contribution in [0.15, 0.2) is 47.4 Å². The van der Waals surface area contributed by atoms with Crippen molar-refractivity contribution >= 4 is 33.3 Å². The predicted molar refractivity (Wildman–Crippen MR) is 132 cm³/mol. The molecule has 1 aliphatic rings. The number of anilines is 2. The molecule has 0 bridgehead atoms. The number of benzene rings is 2. The average Bonchev–Trinajstić information content (AvgIpc) is 2.83. The van der Waals surface area contributed by atoms with Crippen LogP contribution < -0.4 is 20.1 Å². The van der Waals surface area contributed by atoms with Gasteiger partial charge in [-0.1, -0.05) is 19.1 Å². The zero-order valence-electron chi connectivity index (χ0n) is 19.8. The number of rotatable bonds is 8. The lowest BCUT2D eigenvalue weighted by molar-refractivity contribution is -0.115. The van der Waals surface area contributed by atoms with Gasteiger partial charge in [0.05, 0.1) is 17.7 Å². The zero-order chi connectivity index (χ0) is 24.7. The molecule has 2 aromatic rings. The van der Waals surface area contributed by atoms with Gasteiger partial charge in [0.25, 0.3) is 0 Å². The number of sulfonamides is 1. The molecule has 1 heterocycles. The van der Waals surface area contributed by atoms with Gasteiger partial charge in [-0.2, -0.15) is 0 Å². The van der Waals surface area contributed by atoms with E-state index in [-0.39, 0.29) is 22.8 Å². The fraction of sp³-hybridized carbons (Fsp3) is 0.417. The van der Waals surface area contributed by atoms with Crippen LogP contribution in [0.25, 0.3) is 0 Å². The lowest BCUT2D eigenvalue weighted by Gasteiger charge is -2.32. The second kappa shape index (κ2) is 11.3. The largest absolute Gasteiger partial charge is 0.495 e. The highest BCUT2D eigenvalue weighted by Gasteiger charge is 2.25. The second-order valence-electron chi connectivity index (χ2n) is 8.29. The number of ether oxygens (including phenoxy) is 1. The van der Waals surface area contributed by atoms with Crippen molar-refractivity contribution in [3.05, 3.63) is 48.0 Å². The first-order valence-electron chi connectivity index (χ1n) is 11.3. The Balaban J connectivity index is 1.51. The summed E-state index contributed by atoms with van der Waals surface area (Å²) in [5, 5.41) is 5.61. The normalized spacial score (nSPS) is 14.5. The summed E-state index contributed by atoms with van der Waals surface area (Å²) in [5.41, 5.74) is 1.74. The van der Waals surface area contributed by atoms with E-state index < -0.39 is 10.0 Å². The van der Waals surface area contributed by atoms with E-state index in [0.717, 1.165) is 0 Å². The molecule has 184 valence electrons. The summed E-state index contributed by atoms with van der Waals surface area (Å²) in [6.45, 7) is 4.84. The van der Waals surface area contributed by atoms with Crippen LogP contribution in [0.4, 0.5) is 16.2 Å². The zero-order valence-corrected chi connectivity index (χ0v) is 20.6. The maximum atomic E-state index is 12.8. The molecular weight excluding hydrogens is 456 g/mol. The van der Waals surface area contributed by atoms with E-state index in [0.29, 0.717) is 61.6 Å². The van der Waals surface area contributed by atoms with Crippen molar-refractivity contribution in [2.75, 3.05) is 37.4 Å². The number of piperidine rings is 1. The minimum atomic E-state index is -3.69. The highest BCUT2D eigenvalue weighted by atomic mass is 32.2. The number of carbonyl (C=O) groups excluding carboxylic acids is 2. The summed E-state index contributed by atoms with van der Waals surface area (Å²) in [5.74, 6) is 0.598. The van der Waals surface area contributed by atoms with Gasteiger partial charge in [-0.15, -0.1) is 0 Å². The quantitative estimate of drug-likeness (QED) is 0.525. The first-order valence-corrected chi connectivity index (χ1v) is 12.8. The minimum absolute atomic E-state index is 0.129. The third kappa shape index (κ3) is 6.48. The molecule has 0 atom stereocenters. The van der Waals surface area contributed by atoms with Gasteiger partial charge < -0.3 is 20.3 Å². The summed E-state index contributed by atoms with van der Waals surface area (Å²) in [7, 11) is -2.14. The topological polar surface area (TPSA) is 117 Å². The standard InChI is InChI=1S/C24H32N4O5S/c1-4-23(29)26-19-9-10-22(17(2)15-19)34(31,32)25-16-18-11-13-28(14-12-18)24(30)27-20-7-5-6-8-21(20)33-3/h5-10,15,18,25H,4,11-14,16H2,1-3H3,(H,26,29)(H,27,30). The van der Waals surface area contributed by atoms with Gasteiger partial charge in [0.15, 0.2) is 0 Å². The number of carbonyl (C=O) groups is 2. The Morgan fingerprint density at radius 1 is 1.09 bits per heavy atom. The number of hydrogen-bond acceptors (Lipinski definition) is 5. The first-order chi connectivity index (χ1) is 16.2. The van der Waals surface area contributed by atoms with E-state index in [1.54, 1.807) is 50.1 Å². The lowest BCUT2D eigenvalue weighted by Crippen LogP contribution is -2.43. The molecule has 10 heteroatoms. The fourth-order valence-corrected chi connectivity index (χ4v) is 5.21. The first kappa shape index (κ1) is 25.5. The van der Waals surface area contributed by atoms with Gasteiger partial charge in [-0.25, -0.2) is 17.9 Å². The van der Waals surface area contributed by atoms with Crippen LogP contribution in [0.1, 0.15) is 31.7 Å². The number of nitrogens with one attached hydrogen (secondary N) is 3. The molecule has 3 N–H and O–H groups in total. The summed E-state index contributed by atoms with van der Waals surface area (Å²) in [6.07, 6.45) is 1.74. The summed E-state index contributed by atoms with van der Waals surface area (Å²) in [6, 6.07) is 11.8. The number of likely N-dealkylation sites (tertiary alicyclic amines) is 1. The van der Waals surface area contributed by atoms with E-state index in [4.69, 9.17) is 4.74 Å². The highest BCUT2D eigenvalue weighted by molar-refractivity contribution is 7.89. The van der Waals surface area contributed by atoms with Crippen LogP contribution in [-0.2, 0) is 14.8 Å². The van der Waals surface area contributed by atoms with Gasteiger partial charge in [0.1, 0.15) is 5.75 Å². The number of urea groups is 1. The van der Waals surface area contributed by atoms with E-state index in [1.165, 1.54) is 6.07 Å². The Bertz CT molecular complexity index is 1130. The third-order valence-corrected chi connectivity index (χ3v) is 7.47. The molecule has 34 heavy (non-hydrogen) atoms. The molecule has 0 unspecified atom stereocenters. The van der Waals surface area contributed by atoms with Crippen LogP contribution in [0.2, 0.25) is 0 Å². The molecule has 1 fully saturated rings. The van der Waals surface area contributed by atoms with Crippen molar-refractivity contribution in [2.24, 2.45) is 5.92 Å². The molecule has 0 aliphatic carbocycles.